The minimum Gasteiger partial charge on any atom is -0.453 e. The summed E-state index contributed by atoms with van der Waals surface area (Å²) in [6.45, 7) is 7.13. The van der Waals surface area contributed by atoms with E-state index in [1.807, 2.05) is 32.9 Å². The molecule has 1 rings (SSSR count). The van der Waals surface area contributed by atoms with Gasteiger partial charge in [0.1, 0.15) is 5.76 Å². The lowest BCUT2D eigenvalue weighted by molar-refractivity contribution is -0.123. The van der Waals surface area contributed by atoms with Crippen molar-refractivity contribution < 1.29 is 9.21 Å². The second-order valence-corrected chi connectivity index (χ2v) is 5.04. The van der Waals surface area contributed by atoms with Crippen molar-refractivity contribution in [3.05, 3.63) is 22.6 Å². The Morgan fingerprint density at radius 1 is 1.35 bits per heavy atom. The molecular formula is C12H19BrN2O2. The van der Waals surface area contributed by atoms with Crippen LogP contribution < -0.4 is 10.6 Å². The van der Waals surface area contributed by atoms with Gasteiger partial charge in [-0.3, -0.25) is 4.79 Å². The topological polar surface area (TPSA) is 54.3 Å². The van der Waals surface area contributed by atoms with Gasteiger partial charge in [0.2, 0.25) is 5.91 Å². The molecule has 0 saturated carbocycles. The number of amides is 1. The number of furan rings is 1. The van der Waals surface area contributed by atoms with E-state index in [-0.39, 0.29) is 17.9 Å². The highest BCUT2D eigenvalue weighted by atomic mass is 79.9. The van der Waals surface area contributed by atoms with Crippen LogP contribution in [0, 0.1) is 5.92 Å². The largest absolute Gasteiger partial charge is 0.453 e. The minimum atomic E-state index is 0.0356. The Kier molecular flexibility index (Phi) is 5.71. The van der Waals surface area contributed by atoms with Crippen molar-refractivity contribution >= 4 is 21.8 Å². The van der Waals surface area contributed by atoms with Crippen LogP contribution in [0.3, 0.4) is 0 Å². The Hall–Kier alpha value is -0.810. The van der Waals surface area contributed by atoms with Crippen LogP contribution in [0.2, 0.25) is 0 Å². The molecule has 0 fully saturated rings. The molecule has 1 unspecified atom stereocenters. The van der Waals surface area contributed by atoms with Crippen molar-refractivity contribution in [1.29, 1.82) is 0 Å². The van der Waals surface area contributed by atoms with Gasteiger partial charge in [-0.25, -0.2) is 0 Å². The van der Waals surface area contributed by atoms with Crippen LogP contribution in [0.5, 0.6) is 0 Å². The molecule has 96 valence electrons. The van der Waals surface area contributed by atoms with Gasteiger partial charge < -0.3 is 15.1 Å². The fourth-order valence-electron chi connectivity index (χ4n) is 1.34. The predicted molar refractivity (Wildman–Crippen MR) is 70.7 cm³/mol. The average molecular weight is 303 g/mol. The lowest BCUT2D eigenvalue weighted by Gasteiger charge is -2.12. The first kappa shape index (κ1) is 14.3. The lowest BCUT2D eigenvalue weighted by atomic mass is 10.2. The van der Waals surface area contributed by atoms with Gasteiger partial charge in [0, 0.05) is 19.0 Å². The number of carbonyl (C=O) groups is 1. The van der Waals surface area contributed by atoms with Crippen molar-refractivity contribution in [1.82, 2.24) is 10.6 Å². The molecule has 1 amide bonds. The minimum absolute atomic E-state index is 0.0356. The molecule has 0 radical (unpaired) electrons. The van der Waals surface area contributed by atoms with Crippen molar-refractivity contribution in [2.45, 2.75) is 26.8 Å². The monoisotopic (exact) mass is 302 g/mol. The Bertz CT molecular complexity index is 363. The van der Waals surface area contributed by atoms with Gasteiger partial charge >= 0.3 is 0 Å². The Morgan fingerprint density at radius 2 is 2.06 bits per heavy atom. The molecule has 0 saturated heterocycles. The fraction of sp³-hybridized carbons (Fsp3) is 0.583. The quantitative estimate of drug-likeness (QED) is 0.794. The molecule has 2 N–H and O–H groups in total. The van der Waals surface area contributed by atoms with Crippen LogP contribution in [-0.2, 0) is 4.79 Å². The van der Waals surface area contributed by atoms with Crippen LogP contribution in [0.1, 0.15) is 32.6 Å². The number of hydrogen-bond acceptors (Lipinski definition) is 3. The van der Waals surface area contributed by atoms with Crippen LogP contribution in [0.4, 0.5) is 0 Å². The van der Waals surface area contributed by atoms with Gasteiger partial charge in [0.05, 0.1) is 6.04 Å². The van der Waals surface area contributed by atoms with E-state index in [2.05, 4.69) is 26.6 Å². The third-order valence-electron chi connectivity index (χ3n) is 2.42. The highest BCUT2D eigenvalue weighted by Gasteiger charge is 2.09. The highest BCUT2D eigenvalue weighted by molar-refractivity contribution is 9.10. The van der Waals surface area contributed by atoms with E-state index < -0.39 is 0 Å². The first-order valence-electron chi connectivity index (χ1n) is 5.77. The zero-order valence-corrected chi connectivity index (χ0v) is 12.0. The molecule has 4 nitrogen and oxygen atoms in total. The summed E-state index contributed by atoms with van der Waals surface area (Å²) in [5, 5.41) is 6.13. The van der Waals surface area contributed by atoms with E-state index in [9.17, 15) is 4.79 Å². The Labute approximate surface area is 110 Å². The summed E-state index contributed by atoms with van der Waals surface area (Å²) in [5.74, 6) is 1.00. The Balaban J connectivity index is 2.21. The van der Waals surface area contributed by atoms with E-state index in [0.29, 0.717) is 6.54 Å². The number of carbonyl (C=O) groups excluding carboxylic acids is 1. The standard InChI is InChI=1S/C12H19BrN2O2/c1-8(2)12(16)15-7-6-14-9(3)10-4-5-11(13)17-10/h4-5,8-9,14H,6-7H2,1-3H3,(H,15,16). The number of hydrogen-bond donors (Lipinski definition) is 2. The first-order valence-corrected chi connectivity index (χ1v) is 6.56. The molecule has 17 heavy (non-hydrogen) atoms. The van der Waals surface area contributed by atoms with Gasteiger partial charge in [-0.2, -0.15) is 0 Å². The van der Waals surface area contributed by atoms with Crippen LogP contribution in [-0.4, -0.2) is 19.0 Å². The molecule has 0 bridgehead atoms. The maximum absolute atomic E-state index is 11.3. The zero-order chi connectivity index (χ0) is 12.8. The van der Waals surface area contributed by atoms with Gasteiger partial charge in [0.25, 0.3) is 0 Å². The van der Waals surface area contributed by atoms with Crippen molar-refractivity contribution in [2.24, 2.45) is 5.92 Å². The Morgan fingerprint density at radius 3 is 2.59 bits per heavy atom. The maximum Gasteiger partial charge on any atom is 0.222 e. The molecule has 0 spiro atoms. The zero-order valence-electron chi connectivity index (χ0n) is 10.4. The summed E-state index contributed by atoms with van der Waals surface area (Å²) in [6.07, 6.45) is 0. The number of halogens is 1. The first-order chi connectivity index (χ1) is 8.00. The third kappa shape index (κ3) is 4.91. The summed E-state index contributed by atoms with van der Waals surface area (Å²) in [4.78, 5) is 11.3. The highest BCUT2D eigenvalue weighted by Crippen LogP contribution is 2.19. The number of nitrogens with one attached hydrogen (secondary N) is 2. The van der Waals surface area contributed by atoms with Crippen LogP contribution in [0.25, 0.3) is 0 Å². The third-order valence-corrected chi connectivity index (χ3v) is 2.85. The van der Waals surface area contributed by atoms with Crippen LogP contribution in [0.15, 0.2) is 21.2 Å². The average Bonchev–Trinajstić information content (AvgIpc) is 2.70. The molecule has 0 aliphatic heterocycles. The van der Waals surface area contributed by atoms with Crippen molar-refractivity contribution in [3.63, 3.8) is 0 Å². The fourth-order valence-corrected chi connectivity index (χ4v) is 1.66. The van der Waals surface area contributed by atoms with Gasteiger partial charge in [0.15, 0.2) is 4.67 Å². The van der Waals surface area contributed by atoms with Gasteiger partial charge in [-0.1, -0.05) is 13.8 Å². The van der Waals surface area contributed by atoms with E-state index in [1.165, 1.54) is 0 Å². The molecule has 0 aliphatic carbocycles. The molecule has 0 aromatic carbocycles. The SMILES string of the molecule is CC(C)C(=O)NCCNC(C)c1ccc(Br)o1. The molecule has 1 aromatic heterocycles. The predicted octanol–water partition coefficient (Wildman–Crippen LogP) is 2.46. The molecule has 0 aliphatic rings. The van der Waals surface area contributed by atoms with E-state index in [1.54, 1.807) is 0 Å². The second-order valence-electron chi connectivity index (χ2n) is 4.26. The summed E-state index contributed by atoms with van der Waals surface area (Å²) in [7, 11) is 0. The molecular weight excluding hydrogens is 284 g/mol. The molecule has 1 atom stereocenters. The van der Waals surface area contributed by atoms with Gasteiger partial charge in [-0.15, -0.1) is 0 Å². The summed E-state index contributed by atoms with van der Waals surface area (Å²) < 4.78 is 6.16. The van der Waals surface area contributed by atoms with E-state index in [0.717, 1.165) is 17.0 Å². The van der Waals surface area contributed by atoms with E-state index >= 15 is 0 Å². The van der Waals surface area contributed by atoms with Crippen LogP contribution >= 0.6 is 15.9 Å². The maximum atomic E-state index is 11.3. The molecule has 1 heterocycles. The molecule has 1 aromatic rings. The number of rotatable bonds is 6. The lowest BCUT2D eigenvalue weighted by Crippen LogP contribution is -2.34. The van der Waals surface area contributed by atoms with Crippen molar-refractivity contribution in [2.75, 3.05) is 13.1 Å². The molecule has 5 heteroatoms. The van der Waals surface area contributed by atoms with Gasteiger partial charge in [-0.05, 0) is 35.0 Å². The van der Waals surface area contributed by atoms with Crippen molar-refractivity contribution in [3.8, 4) is 0 Å². The van der Waals surface area contributed by atoms with E-state index in [4.69, 9.17) is 4.42 Å². The summed E-state index contributed by atoms with van der Waals surface area (Å²) in [5.41, 5.74) is 0. The smallest absolute Gasteiger partial charge is 0.222 e. The second kappa shape index (κ2) is 6.81. The normalized spacial score (nSPS) is 12.8. The summed E-state index contributed by atoms with van der Waals surface area (Å²) in [6, 6.07) is 3.93. The summed E-state index contributed by atoms with van der Waals surface area (Å²) >= 11 is 3.27.